The number of hydrogen-bond acceptors (Lipinski definition) is 2. The Morgan fingerprint density at radius 3 is 2.53 bits per heavy atom. The summed E-state index contributed by atoms with van der Waals surface area (Å²) < 4.78 is 0. The van der Waals surface area contributed by atoms with Gasteiger partial charge >= 0.3 is 0 Å². The first-order valence-corrected chi connectivity index (χ1v) is 7.76. The van der Waals surface area contributed by atoms with E-state index in [0.29, 0.717) is 0 Å². The third-order valence-electron chi connectivity index (χ3n) is 4.89. The molecule has 19 heavy (non-hydrogen) atoms. The molecule has 0 bridgehead atoms. The molecule has 0 atom stereocenters. The SMILES string of the molecule is Cc1cccc(CNC2CCN(C3CC3)CC2)c1C. The summed E-state index contributed by atoms with van der Waals surface area (Å²) in [7, 11) is 0. The number of rotatable bonds is 4. The summed E-state index contributed by atoms with van der Waals surface area (Å²) in [5.74, 6) is 0. The van der Waals surface area contributed by atoms with Crippen LogP contribution in [0.3, 0.4) is 0 Å². The average Bonchev–Trinajstić information content (AvgIpc) is 3.26. The highest BCUT2D eigenvalue weighted by Crippen LogP contribution is 2.29. The topological polar surface area (TPSA) is 15.3 Å². The number of nitrogens with zero attached hydrogens (tertiary/aromatic N) is 1. The first kappa shape index (κ1) is 13.1. The zero-order valence-corrected chi connectivity index (χ0v) is 12.3. The minimum atomic E-state index is 0.718. The van der Waals surface area contributed by atoms with Crippen molar-refractivity contribution in [2.24, 2.45) is 0 Å². The van der Waals surface area contributed by atoms with E-state index in [0.717, 1.165) is 18.6 Å². The van der Waals surface area contributed by atoms with Crippen LogP contribution in [0.25, 0.3) is 0 Å². The van der Waals surface area contributed by atoms with Gasteiger partial charge in [-0.05, 0) is 69.3 Å². The summed E-state index contributed by atoms with van der Waals surface area (Å²) >= 11 is 0. The molecule has 1 aliphatic carbocycles. The highest BCUT2D eigenvalue weighted by molar-refractivity contribution is 5.32. The third kappa shape index (κ3) is 3.18. The van der Waals surface area contributed by atoms with E-state index < -0.39 is 0 Å². The van der Waals surface area contributed by atoms with Crippen LogP contribution in [0.15, 0.2) is 18.2 Å². The van der Waals surface area contributed by atoms with Gasteiger partial charge in [0.2, 0.25) is 0 Å². The fraction of sp³-hybridized carbons (Fsp3) is 0.647. The van der Waals surface area contributed by atoms with Gasteiger partial charge in [0.1, 0.15) is 0 Å². The predicted octanol–water partition coefficient (Wildman–Crippen LogP) is 3.02. The van der Waals surface area contributed by atoms with Crippen LogP contribution >= 0.6 is 0 Å². The Balaban J connectivity index is 1.48. The zero-order chi connectivity index (χ0) is 13.2. The average molecular weight is 258 g/mol. The van der Waals surface area contributed by atoms with E-state index in [1.54, 1.807) is 0 Å². The third-order valence-corrected chi connectivity index (χ3v) is 4.89. The van der Waals surface area contributed by atoms with Crippen molar-refractivity contribution in [2.75, 3.05) is 13.1 Å². The van der Waals surface area contributed by atoms with Crippen LogP contribution in [0.5, 0.6) is 0 Å². The molecule has 3 rings (SSSR count). The molecule has 2 heteroatoms. The van der Waals surface area contributed by atoms with Crippen molar-refractivity contribution in [3.63, 3.8) is 0 Å². The molecule has 1 aromatic rings. The van der Waals surface area contributed by atoms with Gasteiger partial charge in [0, 0.05) is 18.6 Å². The van der Waals surface area contributed by atoms with Crippen molar-refractivity contribution < 1.29 is 0 Å². The van der Waals surface area contributed by atoms with Crippen molar-refractivity contribution in [1.82, 2.24) is 10.2 Å². The smallest absolute Gasteiger partial charge is 0.0210 e. The van der Waals surface area contributed by atoms with Crippen molar-refractivity contribution in [2.45, 2.75) is 58.2 Å². The summed E-state index contributed by atoms with van der Waals surface area (Å²) in [5, 5.41) is 3.76. The van der Waals surface area contributed by atoms with Crippen LogP contribution in [0.1, 0.15) is 42.4 Å². The van der Waals surface area contributed by atoms with Crippen molar-refractivity contribution in [3.05, 3.63) is 34.9 Å². The molecule has 1 aliphatic heterocycles. The standard InChI is InChI=1S/C17H26N2/c1-13-4-3-5-15(14(13)2)12-18-16-8-10-19(11-9-16)17-6-7-17/h3-5,16-18H,6-12H2,1-2H3. The number of aryl methyl sites for hydroxylation is 1. The molecule has 0 spiro atoms. The Morgan fingerprint density at radius 1 is 1.11 bits per heavy atom. The van der Waals surface area contributed by atoms with Crippen LogP contribution in [-0.2, 0) is 6.54 Å². The molecule has 2 fully saturated rings. The molecule has 1 saturated heterocycles. The molecule has 1 aromatic carbocycles. The number of hydrogen-bond donors (Lipinski definition) is 1. The van der Waals surface area contributed by atoms with Crippen LogP contribution in [0.4, 0.5) is 0 Å². The van der Waals surface area contributed by atoms with E-state index in [2.05, 4.69) is 42.3 Å². The Hall–Kier alpha value is -0.860. The lowest BCUT2D eigenvalue weighted by atomic mass is 10.0. The molecule has 1 heterocycles. The molecule has 1 N–H and O–H groups in total. The van der Waals surface area contributed by atoms with Gasteiger partial charge in [0.25, 0.3) is 0 Å². The summed E-state index contributed by atoms with van der Waals surface area (Å²) in [6.45, 7) is 8.07. The molecule has 2 aliphatic rings. The maximum Gasteiger partial charge on any atom is 0.0210 e. The minimum absolute atomic E-state index is 0.718. The van der Waals surface area contributed by atoms with E-state index >= 15 is 0 Å². The monoisotopic (exact) mass is 258 g/mol. The van der Waals surface area contributed by atoms with E-state index in [1.165, 1.54) is 55.5 Å². The lowest BCUT2D eigenvalue weighted by Crippen LogP contribution is -2.43. The van der Waals surface area contributed by atoms with Gasteiger partial charge in [-0.25, -0.2) is 0 Å². The second-order valence-corrected chi connectivity index (χ2v) is 6.28. The second-order valence-electron chi connectivity index (χ2n) is 6.28. The first-order chi connectivity index (χ1) is 9.24. The number of benzene rings is 1. The molecular weight excluding hydrogens is 232 g/mol. The van der Waals surface area contributed by atoms with Crippen LogP contribution < -0.4 is 5.32 Å². The molecule has 0 unspecified atom stereocenters. The largest absolute Gasteiger partial charge is 0.310 e. The van der Waals surface area contributed by atoms with Crippen molar-refractivity contribution >= 4 is 0 Å². The summed E-state index contributed by atoms with van der Waals surface area (Å²) in [5.41, 5.74) is 4.32. The fourth-order valence-corrected chi connectivity index (χ4v) is 3.17. The Morgan fingerprint density at radius 2 is 1.84 bits per heavy atom. The van der Waals surface area contributed by atoms with Gasteiger partial charge in [0.15, 0.2) is 0 Å². The van der Waals surface area contributed by atoms with Crippen LogP contribution in [0.2, 0.25) is 0 Å². The zero-order valence-electron chi connectivity index (χ0n) is 12.3. The first-order valence-electron chi connectivity index (χ1n) is 7.76. The lowest BCUT2D eigenvalue weighted by Gasteiger charge is -2.32. The normalized spacial score (nSPS) is 21.8. The van der Waals surface area contributed by atoms with E-state index in [1.807, 2.05) is 0 Å². The van der Waals surface area contributed by atoms with Gasteiger partial charge in [-0.1, -0.05) is 18.2 Å². The number of likely N-dealkylation sites (tertiary alicyclic amines) is 1. The molecular formula is C17H26N2. The van der Waals surface area contributed by atoms with Gasteiger partial charge in [0.05, 0.1) is 0 Å². The molecule has 0 amide bonds. The van der Waals surface area contributed by atoms with E-state index in [9.17, 15) is 0 Å². The minimum Gasteiger partial charge on any atom is -0.310 e. The lowest BCUT2D eigenvalue weighted by molar-refractivity contribution is 0.189. The molecule has 0 aromatic heterocycles. The highest BCUT2D eigenvalue weighted by atomic mass is 15.2. The quantitative estimate of drug-likeness (QED) is 0.893. The Bertz CT molecular complexity index is 429. The summed E-state index contributed by atoms with van der Waals surface area (Å²) in [6.07, 6.45) is 5.53. The Labute approximate surface area is 117 Å². The molecule has 0 radical (unpaired) electrons. The summed E-state index contributed by atoms with van der Waals surface area (Å²) in [4.78, 5) is 2.69. The molecule has 2 nitrogen and oxygen atoms in total. The second kappa shape index (κ2) is 5.64. The van der Waals surface area contributed by atoms with Crippen molar-refractivity contribution in [3.8, 4) is 0 Å². The Kier molecular flexibility index (Phi) is 3.90. The maximum atomic E-state index is 3.76. The molecule has 1 saturated carbocycles. The summed E-state index contributed by atoms with van der Waals surface area (Å²) in [6, 6.07) is 8.30. The maximum absolute atomic E-state index is 3.76. The van der Waals surface area contributed by atoms with Gasteiger partial charge in [-0.15, -0.1) is 0 Å². The van der Waals surface area contributed by atoms with Gasteiger partial charge in [-0.3, -0.25) is 0 Å². The van der Waals surface area contributed by atoms with Crippen molar-refractivity contribution in [1.29, 1.82) is 0 Å². The molecule has 104 valence electrons. The number of nitrogens with one attached hydrogen (secondary N) is 1. The predicted molar refractivity (Wildman–Crippen MR) is 80.4 cm³/mol. The highest BCUT2D eigenvalue weighted by Gasteiger charge is 2.31. The van der Waals surface area contributed by atoms with E-state index in [-0.39, 0.29) is 0 Å². The fourth-order valence-electron chi connectivity index (χ4n) is 3.17. The van der Waals surface area contributed by atoms with Gasteiger partial charge < -0.3 is 10.2 Å². The number of piperidine rings is 1. The van der Waals surface area contributed by atoms with Crippen LogP contribution in [0, 0.1) is 13.8 Å². The van der Waals surface area contributed by atoms with Gasteiger partial charge in [-0.2, -0.15) is 0 Å². The van der Waals surface area contributed by atoms with Crippen LogP contribution in [-0.4, -0.2) is 30.1 Å². The van der Waals surface area contributed by atoms with E-state index in [4.69, 9.17) is 0 Å².